The van der Waals surface area contributed by atoms with Gasteiger partial charge in [-0.15, -0.1) is 0 Å². The highest BCUT2D eigenvalue weighted by molar-refractivity contribution is 14.1. The van der Waals surface area contributed by atoms with Gasteiger partial charge in [-0.2, -0.15) is 5.10 Å². The van der Waals surface area contributed by atoms with E-state index in [2.05, 4.69) is 64.1 Å². The molecule has 0 aliphatic carbocycles. The zero-order valence-corrected chi connectivity index (χ0v) is 13.7. The summed E-state index contributed by atoms with van der Waals surface area (Å²) in [7, 11) is 0. The van der Waals surface area contributed by atoms with Crippen LogP contribution in [0.15, 0.2) is 60.9 Å². The summed E-state index contributed by atoms with van der Waals surface area (Å²) in [6, 6.07) is 16.9. The molecule has 3 nitrogen and oxygen atoms in total. The molecule has 0 fully saturated rings. The Bertz CT molecular complexity index is 732. The number of halogens is 1. The van der Waals surface area contributed by atoms with E-state index in [1.807, 2.05) is 29.2 Å². The van der Waals surface area contributed by atoms with Crippen LogP contribution >= 0.6 is 22.6 Å². The van der Waals surface area contributed by atoms with Crippen LogP contribution in [-0.2, 0) is 13.1 Å². The smallest absolute Gasteiger partial charge is 0.0659 e. The Labute approximate surface area is 137 Å². The van der Waals surface area contributed by atoms with Crippen molar-refractivity contribution in [2.45, 2.75) is 13.1 Å². The average Bonchev–Trinajstić information content (AvgIpc) is 2.93. The van der Waals surface area contributed by atoms with Crippen molar-refractivity contribution >= 4 is 22.6 Å². The van der Waals surface area contributed by atoms with E-state index in [9.17, 15) is 0 Å². The molecule has 2 N–H and O–H groups in total. The molecule has 0 radical (unpaired) electrons. The molecule has 21 heavy (non-hydrogen) atoms. The molecule has 4 heteroatoms. The number of benzene rings is 2. The normalized spacial score (nSPS) is 10.8. The van der Waals surface area contributed by atoms with E-state index in [4.69, 9.17) is 5.73 Å². The van der Waals surface area contributed by atoms with E-state index in [1.54, 1.807) is 0 Å². The Balaban J connectivity index is 1.83. The maximum atomic E-state index is 5.81. The maximum absolute atomic E-state index is 5.81. The van der Waals surface area contributed by atoms with Gasteiger partial charge >= 0.3 is 0 Å². The van der Waals surface area contributed by atoms with Crippen LogP contribution < -0.4 is 5.73 Å². The average molecular weight is 389 g/mol. The minimum atomic E-state index is 0.559. The summed E-state index contributed by atoms with van der Waals surface area (Å²) in [6.45, 7) is 1.35. The quantitative estimate of drug-likeness (QED) is 0.693. The van der Waals surface area contributed by atoms with E-state index in [0.717, 1.165) is 10.1 Å². The van der Waals surface area contributed by atoms with Gasteiger partial charge in [0.1, 0.15) is 0 Å². The summed E-state index contributed by atoms with van der Waals surface area (Å²) in [5, 5.41) is 4.31. The number of rotatable bonds is 4. The molecule has 0 bridgehead atoms. The molecule has 0 saturated carbocycles. The first-order valence-electron chi connectivity index (χ1n) is 6.81. The van der Waals surface area contributed by atoms with E-state index in [0.29, 0.717) is 6.54 Å². The summed E-state index contributed by atoms with van der Waals surface area (Å²) in [5.74, 6) is 0. The van der Waals surface area contributed by atoms with Crippen molar-refractivity contribution in [3.8, 4) is 11.1 Å². The first kappa shape index (κ1) is 14.3. The fraction of sp³-hybridized carbons (Fsp3) is 0.118. The minimum Gasteiger partial charge on any atom is -0.326 e. The molecule has 1 aromatic heterocycles. The fourth-order valence-electron chi connectivity index (χ4n) is 2.38. The zero-order valence-electron chi connectivity index (χ0n) is 11.5. The van der Waals surface area contributed by atoms with Crippen LogP contribution in [0.5, 0.6) is 0 Å². The van der Waals surface area contributed by atoms with Gasteiger partial charge in [0.2, 0.25) is 0 Å². The Morgan fingerprint density at radius 2 is 1.81 bits per heavy atom. The number of nitrogens with two attached hydrogens (primary N) is 1. The van der Waals surface area contributed by atoms with Crippen molar-refractivity contribution in [1.29, 1.82) is 0 Å². The number of hydrogen-bond donors (Lipinski definition) is 1. The molecule has 1 heterocycles. The summed E-state index contributed by atoms with van der Waals surface area (Å²) >= 11 is 2.27. The minimum absolute atomic E-state index is 0.559. The fourth-order valence-corrected chi connectivity index (χ4v) is 2.83. The highest BCUT2D eigenvalue weighted by atomic mass is 127. The van der Waals surface area contributed by atoms with Crippen LogP contribution in [0, 0.1) is 3.57 Å². The van der Waals surface area contributed by atoms with Crippen molar-refractivity contribution in [3.63, 3.8) is 0 Å². The zero-order chi connectivity index (χ0) is 14.7. The van der Waals surface area contributed by atoms with Crippen LogP contribution in [-0.4, -0.2) is 9.78 Å². The Morgan fingerprint density at radius 1 is 1.05 bits per heavy atom. The highest BCUT2D eigenvalue weighted by Gasteiger charge is 2.04. The lowest BCUT2D eigenvalue weighted by atomic mass is 9.99. The summed E-state index contributed by atoms with van der Waals surface area (Å²) in [4.78, 5) is 0. The third kappa shape index (κ3) is 3.33. The standard InChI is InChI=1S/C17H16IN3/c18-16-10-20-21(12-16)11-13-5-7-14(8-6-13)17-4-2-1-3-15(17)9-19/h1-8,10,12H,9,11,19H2. The van der Waals surface area contributed by atoms with Crippen LogP contribution in [0.4, 0.5) is 0 Å². The molecule has 3 rings (SSSR count). The Morgan fingerprint density at radius 3 is 2.48 bits per heavy atom. The van der Waals surface area contributed by atoms with E-state index < -0.39 is 0 Å². The Hall–Kier alpha value is -1.66. The van der Waals surface area contributed by atoms with Crippen LogP contribution in [0.1, 0.15) is 11.1 Å². The van der Waals surface area contributed by atoms with E-state index >= 15 is 0 Å². The molecule has 0 atom stereocenters. The van der Waals surface area contributed by atoms with Crippen molar-refractivity contribution in [1.82, 2.24) is 9.78 Å². The van der Waals surface area contributed by atoms with Crippen molar-refractivity contribution in [3.05, 3.63) is 75.6 Å². The second-order valence-electron chi connectivity index (χ2n) is 4.91. The predicted octanol–water partition coefficient (Wildman–Crippen LogP) is 3.66. The monoisotopic (exact) mass is 389 g/mol. The summed E-state index contributed by atoms with van der Waals surface area (Å²) < 4.78 is 3.10. The lowest BCUT2D eigenvalue weighted by Crippen LogP contribution is -2.00. The molecule has 106 valence electrons. The maximum Gasteiger partial charge on any atom is 0.0659 e. The van der Waals surface area contributed by atoms with Gasteiger partial charge in [0.05, 0.1) is 16.3 Å². The van der Waals surface area contributed by atoms with Gasteiger partial charge in [-0.3, -0.25) is 4.68 Å². The lowest BCUT2D eigenvalue weighted by molar-refractivity contribution is 0.686. The second-order valence-corrected chi connectivity index (χ2v) is 6.16. The molecule has 0 unspecified atom stereocenters. The van der Waals surface area contributed by atoms with Gasteiger partial charge in [0.25, 0.3) is 0 Å². The van der Waals surface area contributed by atoms with Crippen molar-refractivity contribution in [2.24, 2.45) is 5.73 Å². The highest BCUT2D eigenvalue weighted by Crippen LogP contribution is 2.24. The number of aromatic nitrogens is 2. The van der Waals surface area contributed by atoms with Gasteiger partial charge < -0.3 is 5.73 Å². The van der Waals surface area contributed by atoms with Crippen LogP contribution in [0.2, 0.25) is 0 Å². The number of nitrogens with zero attached hydrogens (tertiary/aromatic N) is 2. The summed E-state index contributed by atoms with van der Waals surface area (Å²) in [6.07, 6.45) is 3.91. The predicted molar refractivity (Wildman–Crippen MR) is 93.8 cm³/mol. The lowest BCUT2D eigenvalue weighted by Gasteiger charge is -2.09. The molecule has 0 saturated heterocycles. The van der Waals surface area contributed by atoms with Crippen molar-refractivity contribution < 1.29 is 0 Å². The number of hydrogen-bond acceptors (Lipinski definition) is 2. The SMILES string of the molecule is NCc1ccccc1-c1ccc(Cn2cc(I)cn2)cc1. The molecule has 0 aliphatic heterocycles. The van der Waals surface area contributed by atoms with Gasteiger partial charge in [0, 0.05) is 12.7 Å². The third-order valence-corrected chi connectivity index (χ3v) is 4.01. The van der Waals surface area contributed by atoms with Crippen LogP contribution in [0.25, 0.3) is 11.1 Å². The van der Waals surface area contributed by atoms with Gasteiger partial charge in [-0.05, 0) is 44.8 Å². The first-order chi connectivity index (χ1) is 10.3. The molecule has 0 spiro atoms. The molecular formula is C17H16IN3. The van der Waals surface area contributed by atoms with Gasteiger partial charge in [-0.1, -0.05) is 48.5 Å². The van der Waals surface area contributed by atoms with E-state index in [1.165, 1.54) is 22.3 Å². The molecule has 2 aromatic carbocycles. The molecule has 0 aliphatic rings. The Kier molecular flexibility index (Phi) is 4.36. The topological polar surface area (TPSA) is 43.8 Å². The molecule has 3 aromatic rings. The second kappa shape index (κ2) is 6.41. The van der Waals surface area contributed by atoms with E-state index in [-0.39, 0.29) is 0 Å². The molecular weight excluding hydrogens is 373 g/mol. The van der Waals surface area contributed by atoms with Gasteiger partial charge in [-0.25, -0.2) is 0 Å². The molecule has 0 amide bonds. The first-order valence-corrected chi connectivity index (χ1v) is 7.89. The summed E-state index contributed by atoms with van der Waals surface area (Å²) in [5.41, 5.74) is 10.6. The van der Waals surface area contributed by atoms with Gasteiger partial charge in [0.15, 0.2) is 0 Å². The third-order valence-electron chi connectivity index (χ3n) is 3.45. The largest absolute Gasteiger partial charge is 0.326 e. The van der Waals surface area contributed by atoms with Crippen molar-refractivity contribution in [2.75, 3.05) is 0 Å². The van der Waals surface area contributed by atoms with Crippen LogP contribution in [0.3, 0.4) is 0 Å².